The quantitative estimate of drug-likeness (QED) is 0.0194. The zero-order chi connectivity index (χ0) is 60.8. The lowest BCUT2D eigenvalue weighted by Crippen LogP contribution is -2.55. The molecule has 3 atom stereocenters. The first-order chi connectivity index (χ1) is 41.4. The van der Waals surface area contributed by atoms with Crippen LogP contribution in [0, 0.1) is 12.8 Å². The van der Waals surface area contributed by atoms with Crippen LogP contribution in [0.5, 0.6) is 5.75 Å². The number of aromatic amines is 2. The van der Waals surface area contributed by atoms with Crippen molar-refractivity contribution in [1.29, 1.82) is 0 Å². The van der Waals surface area contributed by atoms with Gasteiger partial charge in [-0.3, -0.25) is 43.3 Å². The fraction of sp³-hybridized carbons (Fsp3) is 0.349. The van der Waals surface area contributed by atoms with Crippen LogP contribution in [0.3, 0.4) is 0 Å². The maximum atomic E-state index is 14.5. The SMILES string of the molecule is Cc1csc2c(OC(=O)N3CCN(C)CC3)cc3c(c12)[C@@H](CCl)CN3C(=O)c1cc2cc(NC(=O)c3cc4cc(NC(=O)CNC(=O)[C@H](CC(C)C)NC(=O)[C@H](Cc5ccccc5)NC(=O)CCCCCN5C(=O)C=CC5=O)ccc4[nH]3)ccc2[nH]1. The molecule has 0 saturated carbocycles. The Morgan fingerprint density at radius 1 is 0.756 bits per heavy atom. The van der Waals surface area contributed by atoms with E-state index in [4.69, 9.17) is 16.3 Å². The number of nitrogens with zero attached hydrogens (tertiary/aromatic N) is 4. The number of alkyl halides is 1. The molecule has 1 saturated heterocycles. The summed E-state index contributed by atoms with van der Waals surface area (Å²) in [7, 11) is 2.02. The maximum absolute atomic E-state index is 14.5. The lowest BCUT2D eigenvalue weighted by atomic mass is 9.97. The Morgan fingerprint density at radius 3 is 2.12 bits per heavy atom. The summed E-state index contributed by atoms with van der Waals surface area (Å²) >= 11 is 8.10. The molecule has 0 bridgehead atoms. The van der Waals surface area contributed by atoms with Gasteiger partial charge in [-0.2, -0.15) is 0 Å². The summed E-state index contributed by atoms with van der Waals surface area (Å²) in [5.74, 6) is -3.01. The number of thiophene rings is 1. The molecule has 3 aromatic heterocycles. The minimum atomic E-state index is -1.03. The smallest absolute Gasteiger partial charge is 0.409 e. The minimum Gasteiger partial charge on any atom is -0.409 e. The Kier molecular flexibility index (Phi) is 18.6. The number of aromatic nitrogens is 2. The Balaban J connectivity index is 0.738. The van der Waals surface area contributed by atoms with Gasteiger partial charge in [0.05, 0.1) is 16.9 Å². The second-order valence-electron chi connectivity index (χ2n) is 22.5. The number of likely N-dealkylation sites (N-methyl/N-ethyl adjacent to an activating group) is 1. The topological polar surface area (TPSA) is 268 Å². The third kappa shape index (κ3) is 13.9. The van der Waals surface area contributed by atoms with Gasteiger partial charge in [-0.1, -0.05) is 50.6 Å². The highest BCUT2D eigenvalue weighted by Crippen LogP contribution is 2.49. The second kappa shape index (κ2) is 26.6. The van der Waals surface area contributed by atoms with E-state index in [0.717, 1.165) is 44.8 Å². The molecule has 0 spiro atoms. The molecule has 0 unspecified atom stereocenters. The van der Waals surface area contributed by atoms with E-state index in [2.05, 4.69) is 41.5 Å². The normalized spacial score (nSPS) is 15.8. The average molecular weight is 1210 g/mol. The summed E-state index contributed by atoms with van der Waals surface area (Å²) < 4.78 is 6.93. The van der Waals surface area contributed by atoms with E-state index in [0.29, 0.717) is 89.2 Å². The molecule has 6 heterocycles. The number of unbranched alkanes of at least 4 members (excludes halogenated alkanes) is 2. The number of imide groups is 1. The van der Waals surface area contributed by atoms with Gasteiger partial charge in [0.25, 0.3) is 23.6 Å². The Hall–Kier alpha value is -8.86. The number of rotatable bonds is 22. The van der Waals surface area contributed by atoms with E-state index >= 15 is 0 Å². The number of hydrogen-bond acceptors (Lipinski definition) is 12. The van der Waals surface area contributed by atoms with Gasteiger partial charge in [0.1, 0.15) is 23.5 Å². The molecule has 0 aliphatic carbocycles. The molecule has 0 radical (unpaired) electrons. The van der Waals surface area contributed by atoms with E-state index in [1.807, 2.05) is 63.5 Å². The number of hydrogen-bond donors (Lipinski definition) is 7. The van der Waals surface area contributed by atoms with Gasteiger partial charge in [0.15, 0.2) is 5.75 Å². The Labute approximate surface area is 505 Å². The van der Waals surface area contributed by atoms with E-state index in [-0.39, 0.29) is 72.8 Å². The average Bonchev–Trinajstić information content (AvgIpc) is 1.69. The number of ether oxygens (including phenoxy) is 1. The van der Waals surface area contributed by atoms with E-state index < -0.39 is 48.4 Å². The summed E-state index contributed by atoms with van der Waals surface area (Å²) in [6.45, 7) is 8.55. The van der Waals surface area contributed by atoms with Crippen LogP contribution in [-0.4, -0.2) is 149 Å². The fourth-order valence-corrected chi connectivity index (χ4v) is 12.4. The van der Waals surface area contributed by atoms with Gasteiger partial charge in [0.2, 0.25) is 23.6 Å². The van der Waals surface area contributed by atoms with Gasteiger partial charge in [-0.15, -0.1) is 22.9 Å². The standard InChI is InChI=1S/C63H68ClN11O10S/c1-36(2)25-46(71-61(82)47(26-38-11-7-5-8-12-38)70-52(76)13-9-6-10-20-74-54(78)18-19-55(74)79)59(80)65-33-53(77)66-42-14-16-44-39(27-42)29-48(68-44)60(81)67-43-15-17-45-40(28-43)30-49(69-45)62(83)75-34-41(32-64)57-50(75)31-51(58-56(57)37(3)35-86-58)85-63(84)73-23-21-72(4)22-24-73/h5,7-8,11-12,14-19,27-31,35-36,41,46-47,68-69H,6,9-10,13,20-26,32-34H2,1-4H3,(H,65,80)(H,66,77)(H,67,81)(H,70,76)(H,71,82)/t41-,46-,47-/m0/s1. The molecule has 1 fully saturated rings. The number of fused-ring (bicyclic) bond motifs is 5. The molecule has 7 aromatic rings. The molecule has 21 nitrogen and oxygen atoms in total. The zero-order valence-corrected chi connectivity index (χ0v) is 49.8. The van der Waals surface area contributed by atoms with Crippen molar-refractivity contribution in [3.63, 3.8) is 0 Å². The third-order valence-electron chi connectivity index (χ3n) is 15.6. The molecule has 4 aromatic carbocycles. The molecular formula is C63H68ClN11O10S. The summed E-state index contributed by atoms with van der Waals surface area (Å²) in [6, 6.07) is 22.6. The Morgan fingerprint density at radius 2 is 1.43 bits per heavy atom. The molecular weight excluding hydrogens is 1140 g/mol. The number of carbonyl (C=O) groups is 9. The number of nitrogens with one attached hydrogen (secondary N) is 7. The molecule has 448 valence electrons. The monoisotopic (exact) mass is 1210 g/mol. The van der Waals surface area contributed by atoms with Crippen molar-refractivity contribution in [2.45, 2.75) is 77.3 Å². The molecule has 9 amide bonds. The highest BCUT2D eigenvalue weighted by atomic mass is 35.5. The first-order valence-corrected chi connectivity index (χ1v) is 30.2. The van der Waals surface area contributed by atoms with Gasteiger partial charge in [0, 0.05) is 121 Å². The third-order valence-corrected chi connectivity index (χ3v) is 17.1. The predicted molar refractivity (Wildman–Crippen MR) is 331 cm³/mol. The molecule has 10 rings (SSSR count). The van der Waals surface area contributed by atoms with Crippen LogP contribution in [0.15, 0.2) is 102 Å². The fourth-order valence-electron chi connectivity index (χ4n) is 11.1. The van der Waals surface area contributed by atoms with Crippen LogP contribution in [0.2, 0.25) is 0 Å². The molecule has 23 heteroatoms. The van der Waals surface area contributed by atoms with Crippen LogP contribution < -0.4 is 36.2 Å². The highest BCUT2D eigenvalue weighted by Gasteiger charge is 2.38. The first-order valence-electron chi connectivity index (χ1n) is 28.8. The van der Waals surface area contributed by atoms with Crippen molar-refractivity contribution in [2.75, 3.05) is 74.3 Å². The number of piperazine rings is 1. The molecule has 86 heavy (non-hydrogen) atoms. The van der Waals surface area contributed by atoms with E-state index in [1.54, 1.807) is 64.4 Å². The van der Waals surface area contributed by atoms with Gasteiger partial charge in [-0.05, 0) is 110 Å². The number of carbonyl (C=O) groups excluding carboxylic acids is 9. The van der Waals surface area contributed by atoms with Crippen molar-refractivity contribution in [1.82, 2.24) is 40.6 Å². The highest BCUT2D eigenvalue weighted by molar-refractivity contribution is 7.17. The van der Waals surface area contributed by atoms with Crippen molar-refractivity contribution in [3.05, 3.63) is 131 Å². The number of anilines is 3. The van der Waals surface area contributed by atoms with Crippen LogP contribution in [0.4, 0.5) is 21.9 Å². The number of amides is 9. The molecule has 7 N–H and O–H groups in total. The number of halogens is 1. The second-order valence-corrected chi connectivity index (χ2v) is 23.7. The number of H-pyrrole nitrogens is 2. The largest absolute Gasteiger partial charge is 0.415 e. The molecule has 3 aliphatic heterocycles. The minimum absolute atomic E-state index is 0.0321. The van der Waals surface area contributed by atoms with E-state index in [1.165, 1.54) is 23.5 Å². The summed E-state index contributed by atoms with van der Waals surface area (Å²) in [5, 5.41) is 18.3. The maximum Gasteiger partial charge on any atom is 0.415 e. The van der Waals surface area contributed by atoms with Crippen LogP contribution in [0.1, 0.15) is 89.5 Å². The van der Waals surface area contributed by atoms with Crippen molar-refractivity contribution < 1.29 is 47.9 Å². The summed E-state index contributed by atoms with van der Waals surface area (Å²) in [4.78, 5) is 133. The lowest BCUT2D eigenvalue weighted by Gasteiger charge is -2.31. The van der Waals surface area contributed by atoms with Gasteiger partial charge >= 0.3 is 6.09 Å². The first kappa shape index (κ1) is 60.3. The summed E-state index contributed by atoms with van der Waals surface area (Å²) in [5.41, 5.74) is 6.13. The van der Waals surface area contributed by atoms with Crippen molar-refractivity contribution in [2.24, 2.45) is 5.92 Å². The molecule has 3 aliphatic rings. The van der Waals surface area contributed by atoms with Crippen molar-refractivity contribution >= 4 is 125 Å². The van der Waals surface area contributed by atoms with Crippen molar-refractivity contribution in [3.8, 4) is 5.75 Å². The number of aryl methyl sites for hydroxylation is 1. The summed E-state index contributed by atoms with van der Waals surface area (Å²) in [6.07, 6.45) is 4.10. The lowest BCUT2D eigenvalue weighted by molar-refractivity contribution is -0.137. The van der Waals surface area contributed by atoms with Gasteiger partial charge < -0.3 is 56.0 Å². The van der Waals surface area contributed by atoms with Gasteiger partial charge in [-0.25, -0.2) is 4.79 Å². The van der Waals surface area contributed by atoms with Crippen LogP contribution in [-0.2, 0) is 35.2 Å². The van der Waals surface area contributed by atoms with E-state index in [9.17, 15) is 43.2 Å². The van der Waals surface area contributed by atoms with Crippen LogP contribution >= 0.6 is 22.9 Å². The number of benzene rings is 4. The van der Waals surface area contributed by atoms with Crippen LogP contribution in [0.25, 0.3) is 31.9 Å². The zero-order valence-electron chi connectivity index (χ0n) is 48.2. The Bertz CT molecular complexity index is 3790. The predicted octanol–water partition coefficient (Wildman–Crippen LogP) is 7.95.